The van der Waals surface area contributed by atoms with E-state index in [0.29, 0.717) is 40.0 Å². The van der Waals surface area contributed by atoms with Crippen molar-refractivity contribution in [2.24, 2.45) is 5.10 Å². The fourth-order valence-corrected chi connectivity index (χ4v) is 3.98. The Balaban J connectivity index is 1.43. The highest BCUT2D eigenvalue weighted by atomic mass is 35.5. The van der Waals surface area contributed by atoms with E-state index in [1.807, 2.05) is 24.0 Å². The first-order valence-corrected chi connectivity index (χ1v) is 10.2. The molecule has 0 spiro atoms. The molecule has 8 heteroatoms. The van der Waals surface area contributed by atoms with E-state index >= 15 is 0 Å². The Morgan fingerprint density at radius 3 is 2.81 bits per heavy atom. The van der Waals surface area contributed by atoms with Crippen LogP contribution < -0.4 is 14.6 Å². The number of allylic oxidation sites excluding steroid dienone is 2. The van der Waals surface area contributed by atoms with Crippen molar-refractivity contribution in [1.29, 1.82) is 0 Å². The van der Waals surface area contributed by atoms with Gasteiger partial charge in [0.1, 0.15) is 6.61 Å². The maximum atomic E-state index is 13.0. The third-order valence-electron chi connectivity index (χ3n) is 5.38. The molecule has 7 nitrogen and oxygen atoms in total. The predicted octanol–water partition coefficient (Wildman–Crippen LogP) is 4.42. The Bertz CT molecular complexity index is 1230. The zero-order valence-corrected chi connectivity index (χ0v) is 17.6. The Hall–Kier alpha value is -3.58. The van der Waals surface area contributed by atoms with Gasteiger partial charge in [0.25, 0.3) is 5.91 Å². The summed E-state index contributed by atoms with van der Waals surface area (Å²) in [6.45, 7) is 4.68. The number of hydrogen-bond acceptors (Lipinski definition) is 6. The van der Waals surface area contributed by atoms with Crippen LogP contribution in [0.4, 0.5) is 11.4 Å². The highest BCUT2D eigenvalue weighted by Gasteiger charge is 2.31. The van der Waals surface area contributed by atoms with Crippen molar-refractivity contribution in [3.63, 3.8) is 0 Å². The van der Waals surface area contributed by atoms with Crippen LogP contribution in [0, 0.1) is 0 Å². The van der Waals surface area contributed by atoms with Gasteiger partial charge in [0.05, 0.1) is 28.2 Å². The average molecular weight is 436 g/mol. The van der Waals surface area contributed by atoms with Gasteiger partial charge in [-0.25, -0.2) is 4.79 Å². The van der Waals surface area contributed by atoms with Crippen molar-refractivity contribution >= 4 is 40.6 Å². The molecule has 2 aromatic rings. The van der Waals surface area contributed by atoms with Crippen LogP contribution in [0.15, 0.2) is 65.1 Å². The van der Waals surface area contributed by atoms with E-state index in [-0.39, 0.29) is 18.5 Å². The molecule has 156 valence electrons. The maximum Gasteiger partial charge on any atom is 0.338 e. The molecule has 0 fully saturated rings. The fraction of sp³-hybridized carbons (Fsp3) is 0.174. The van der Waals surface area contributed by atoms with Crippen molar-refractivity contribution in [1.82, 2.24) is 0 Å². The van der Waals surface area contributed by atoms with Gasteiger partial charge in [-0.15, -0.1) is 0 Å². The quantitative estimate of drug-likeness (QED) is 0.527. The fourth-order valence-electron chi connectivity index (χ4n) is 3.82. The van der Waals surface area contributed by atoms with Crippen LogP contribution in [0.3, 0.4) is 0 Å². The zero-order chi connectivity index (χ0) is 21.7. The number of hydrazone groups is 1. The second-order valence-corrected chi connectivity index (χ2v) is 7.70. The van der Waals surface area contributed by atoms with Gasteiger partial charge >= 0.3 is 5.97 Å². The predicted molar refractivity (Wildman–Crippen MR) is 117 cm³/mol. The lowest BCUT2D eigenvalue weighted by Gasteiger charge is -2.15. The van der Waals surface area contributed by atoms with Gasteiger partial charge in [0.2, 0.25) is 5.88 Å². The van der Waals surface area contributed by atoms with Gasteiger partial charge in [-0.3, -0.25) is 4.79 Å². The molecular weight excluding hydrogens is 418 g/mol. The third-order valence-corrected chi connectivity index (χ3v) is 5.61. The number of halogens is 1. The number of esters is 1. The molecule has 0 saturated heterocycles. The summed E-state index contributed by atoms with van der Waals surface area (Å²) < 4.78 is 11.0. The Morgan fingerprint density at radius 1 is 1.16 bits per heavy atom. The van der Waals surface area contributed by atoms with Crippen LogP contribution in [0.2, 0.25) is 5.02 Å². The largest absolute Gasteiger partial charge is 0.457 e. The second-order valence-electron chi connectivity index (χ2n) is 7.26. The smallest absolute Gasteiger partial charge is 0.338 e. The number of rotatable bonds is 3. The van der Waals surface area contributed by atoms with Gasteiger partial charge in [0, 0.05) is 17.1 Å². The van der Waals surface area contributed by atoms with Crippen LogP contribution in [0.25, 0.3) is 0 Å². The number of amides is 1. The van der Waals surface area contributed by atoms with Crippen LogP contribution in [0.1, 0.15) is 29.8 Å². The molecule has 3 heterocycles. The minimum atomic E-state index is -0.347. The standard InChI is InChI=1S/C23H18ClN3O4/c1-3-26-19-11-15(24)4-8-20(19)31-21(26)9-7-17-13(2)25-27(22(17)28)16-5-6-18-14(10-16)12-30-23(18)29/h4-11H,3,12H2,1-2H3/b17-7+,21-9-. The zero-order valence-electron chi connectivity index (χ0n) is 16.9. The van der Waals surface area contributed by atoms with Gasteiger partial charge in [-0.05, 0) is 62.4 Å². The number of nitrogens with zero attached hydrogens (tertiary/aromatic N) is 3. The summed E-state index contributed by atoms with van der Waals surface area (Å²) in [6, 6.07) is 10.6. The number of anilines is 2. The molecule has 0 bridgehead atoms. The molecule has 3 aliphatic rings. The van der Waals surface area contributed by atoms with Crippen molar-refractivity contribution in [2.45, 2.75) is 20.5 Å². The lowest BCUT2D eigenvalue weighted by atomic mass is 10.1. The molecule has 0 radical (unpaired) electrons. The summed E-state index contributed by atoms with van der Waals surface area (Å²) >= 11 is 6.12. The number of benzene rings is 2. The molecule has 2 aromatic carbocycles. The van der Waals surface area contributed by atoms with Crippen molar-refractivity contribution < 1.29 is 19.1 Å². The molecule has 0 aliphatic carbocycles. The van der Waals surface area contributed by atoms with Crippen molar-refractivity contribution in [3.05, 3.63) is 76.2 Å². The van der Waals surface area contributed by atoms with E-state index in [1.54, 1.807) is 43.3 Å². The van der Waals surface area contributed by atoms with Gasteiger partial charge in [-0.2, -0.15) is 10.1 Å². The van der Waals surface area contributed by atoms with Gasteiger partial charge in [-0.1, -0.05) is 11.6 Å². The Labute approximate surface area is 183 Å². The lowest BCUT2D eigenvalue weighted by molar-refractivity contribution is -0.114. The second kappa shape index (κ2) is 7.28. The van der Waals surface area contributed by atoms with Crippen LogP contribution in [-0.4, -0.2) is 24.1 Å². The molecule has 3 aliphatic heterocycles. The van der Waals surface area contributed by atoms with E-state index in [1.165, 1.54) is 5.01 Å². The molecule has 0 N–H and O–H groups in total. The normalized spacial score (nSPS) is 19.6. The molecule has 31 heavy (non-hydrogen) atoms. The monoisotopic (exact) mass is 435 g/mol. The molecule has 0 aromatic heterocycles. The van der Waals surface area contributed by atoms with E-state index in [4.69, 9.17) is 21.1 Å². The summed E-state index contributed by atoms with van der Waals surface area (Å²) in [5, 5.41) is 6.38. The summed E-state index contributed by atoms with van der Waals surface area (Å²) in [5.41, 5.74) is 3.81. The number of carbonyl (C=O) groups excluding carboxylic acids is 2. The minimum Gasteiger partial charge on any atom is -0.457 e. The topological polar surface area (TPSA) is 71.4 Å². The highest BCUT2D eigenvalue weighted by molar-refractivity contribution is 6.31. The van der Waals surface area contributed by atoms with Gasteiger partial charge in [0.15, 0.2) is 5.75 Å². The summed E-state index contributed by atoms with van der Waals surface area (Å²) in [4.78, 5) is 26.7. The van der Waals surface area contributed by atoms with Gasteiger partial charge < -0.3 is 14.4 Å². The highest BCUT2D eigenvalue weighted by Crippen LogP contribution is 2.40. The average Bonchev–Trinajstić information content (AvgIpc) is 3.39. The number of carbonyl (C=O) groups is 2. The van der Waals surface area contributed by atoms with Crippen molar-refractivity contribution in [3.8, 4) is 5.75 Å². The van der Waals surface area contributed by atoms with E-state index < -0.39 is 0 Å². The Kier molecular flexibility index (Phi) is 4.55. The lowest BCUT2D eigenvalue weighted by Crippen LogP contribution is -2.22. The van der Waals surface area contributed by atoms with Crippen molar-refractivity contribution in [2.75, 3.05) is 16.5 Å². The first kappa shape index (κ1) is 19.4. The van der Waals surface area contributed by atoms with Crippen LogP contribution in [-0.2, 0) is 16.1 Å². The third kappa shape index (κ3) is 3.18. The Morgan fingerprint density at radius 2 is 2.00 bits per heavy atom. The summed E-state index contributed by atoms with van der Waals surface area (Å²) in [7, 11) is 0. The molecule has 0 saturated carbocycles. The first-order valence-electron chi connectivity index (χ1n) is 9.83. The molecule has 0 unspecified atom stereocenters. The van der Waals surface area contributed by atoms with E-state index in [9.17, 15) is 9.59 Å². The summed E-state index contributed by atoms with van der Waals surface area (Å²) in [6.07, 6.45) is 3.48. The maximum absolute atomic E-state index is 13.0. The first-order chi connectivity index (χ1) is 15.0. The molecule has 0 atom stereocenters. The molecule has 1 amide bonds. The molecular formula is C23H18ClN3O4. The number of cyclic esters (lactones) is 1. The van der Waals surface area contributed by atoms with E-state index in [2.05, 4.69) is 5.10 Å². The minimum absolute atomic E-state index is 0.205. The SMILES string of the molecule is CCN1/C(=C/C=C2/C(=O)N(c3ccc4c(c3)COC4=O)N=C2C)Oc2ccc(Cl)cc21. The number of ether oxygens (including phenoxy) is 2. The number of hydrogen-bond donors (Lipinski definition) is 0. The summed E-state index contributed by atoms with van der Waals surface area (Å²) in [5.74, 6) is 0.733. The number of fused-ring (bicyclic) bond motifs is 2. The van der Waals surface area contributed by atoms with Crippen LogP contribution >= 0.6 is 11.6 Å². The van der Waals surface area contributed by atoms with Crippen LogP contribution in [0.5, 0.6) is 5.75 Å². The van der Waals surface area contributed by atoms with E-state index in [0.717, 1.165) is 17.0 Å². The molecule has 5 rings (SSSR count).